The Balaban J connectivity index is 3.82. The molecule has 0 amide bonds. The predicted molar refractivity (Wildman–Crippen MR) is 44.8 cm³/mol. The van der Waals surface area contributed by atoms with Gasteiger partial charge in [0.2, 0.25) is 0 Å². The van der Waals surface area contributed by atoms with Crippen LogP contribution in [0.15, 0.2) is 0 Å². The minimum atomic E-state index is -1.83. The summed E-state index contributed by atoms with van der Waals surface area (Å²) in [5.74, 6) is 0. The molecule has 0 aliphatic carbocycles. The predicted octanol–water partition coefficient (Wildman–Crippen LogP) is 0.471. The third-order valence-electron chi connectivity index (χ3n) is 2.37. The standard InChI is InChI=1S/2C2H5.2CH4N.Sn/c4*1-2;/h2*1H2,2H3;2*1-2H2;. The molecule has 0 radical (unpaired) electrons. The van der Waals surface area contributed by atoms with Gasteiger partial charge in [0.15, 0.2) is 0 Å². The van der Waals surface area contributed by atoms with Crippen LogP contribution in [0.2, 0.25) is 8.87 Å². The Morgan fingerprint density at radius 1 is 1.00 bits per heavy atom. The van der Waals surface area contributed by atoms with E-state index in [2.05, 4.69) is 13.8 Å². The first-order chi connectivity index (χ1) is 4.24. The molecule has 0 aromatic rings. The Hall–Kier alpha value is 0.719. The van der Waals surface area contributed by atoms with E-state index in [0.29, 0.717) is 0 Å². The monoisotopic (exact) mass is 238 g/mol. The Labute approximate surface area is 61.9 Å². The van der Waals surface area contributed by atoms with E-state index in [0.717, 1.165) is 9.12 Å². The van der Waals surface area contributed by atoms with Gasteiger partial charge in [0.1, 0.15) is 0 Å². The molecular formula is C6H18N2Sn. The Morgan fingerprint density at radius 3 is 1.33 bits per heavy atom. The summed E-state index contributed by atoms with van der Waals surface area (Å²) in [7, 11) is 0. The van der Waals surface area contributed by atoms with Crippen molar-refractivity contribution in [1.29, 1.82) is 0 Å². The van der Waals surface area contributed by atoms with Crippen molar-refractivity contribution in [2.75, 3.05) is 9.12 Å². The molecule has 0 spiro atoms. The summed E-state index contributed by atoms with van der Waals surface area (Å²) in [5.41, 5.74) is 11.3. The molecule has 4 N–H and O–H groups in total. The van der Waals surface area contributed by atoms with Crippen molar-refractivity contribution in [1.82, 2.24) is 0 Å². The summed E-state index contributed by atoms with van der Waals surface area (Å²) >= 11 is -1.83. The second-order valence-electron chi connectivity index (χ2n) is 2.62. The molecule has 0 fully saturated rings. The fourth-order valence-corrected chi connectivity index (χ4v) is 6.11. The molecule has 2 nitrogen and oxygen atoms in total. The number of nitrogens with two attached hydrogens (primary N) is 2. The summed E-state index contributed by atoms with van der Waals surface area (Å²) in [6, 6.07) is 0. The maximum absolute atomic E-state index is 5.65. The quantitative estimate of drug-likeness (QED) is 0.698. The van der Waals surface area contributed by atoms with E-state index in [1.807, 2.05) is 0 Å². The molecule has 0 saturated carbocycles. The van der Waals surface area contributed by atoms with Gasteiger partial charge in [-0.25, -0.2) is 0 Å². The minimum absolute atomic E-state index is 0.929. The topological polar surface area (TPSA) is 52.0 Å². The van der Waals surface area contributed by atoms with E-state index in [1.165, 1.54) is 8.87 Å². The molecule has 0 bridgehead atoms. The van der Waals surface area contributed by atoms with Gasteiger partial charge in [-0.3, -0.25) is 0 Å². The second kappa shape index (κ2) is 4.52. The van der Waals surface area contributed by atoms with Crippen molar-refractivity contribution in [2.24, 2.45) is 11.5 Å². The molecule has 0 rings (SSSR count). The van der Waals surface area contributed by atoms with Gasteiger partial charge in [-0.2, -0.15) is 0 Å². The summed E-state index contributed by atoms with van der Waals surface area (Å²) < 4.78 is 4.46. The van der Waals surface area contributed by atoms with E-state index in [1.54, 1.807) is 0 Å². The van der Waals surface area contributed by atoms with Crippen LogP contribution in [0.1, 0.15) is 13.8 Å². The number of rotatable bonds is 4. The van der Waals surface area contributed by atoms with Gasteiger partial charge in [0, 0.05) is 0 Å². The first-order valence-corrected chi connectivity index (χ1v) is 11.7. The first-order valence-electron chi connectivity index (χ1n) is 3.64. The van der Waals surface area contributed by atoms with Crippen molar-refractivity contribution < 1.29 is 0 Å². The molecule has 0 aromatic heterocycles. The fourth-order valence-electron chi connectivity index (χ4n) is 0.911. The van der Waals surface area contributed by atoms with Gasteiger partial charge < -0.3 is 0 Å². The van der Waals surface area contributed by atoms with Crippen LogP contribution in [0.4, 0.5) is 0 Å². The Bertz CT molecular complexity index is 53.9. The molecular weight excluding hydrogens is 219 g/mol. The zero-order valence-electron chi connectivity index (χ0n) is 6.48. The van der Waals surface area contributed by atoms with Gasteiger partial charge in [-0.1, -0.05) is 0 Å². The van der Waals surface area contributed by atoms with Crippen molar-refractivity contribution in [3.63, 3.8) is 0 Å². The van der Waals surface area contributed by atoms with Crippen LogP contribution in [0, 0.1) is 0 Å². The average Bonchev–Trinajstić information content (AvgIpc) is 1.95. The summed E-state index contributed by atoms with van der Waals surface area (Å²) in [6.07, 6.45) is 0. The van der Waals surface area contributed by atoms with Crippen LogP contribution in [-0.2, 0) is 0 Å². The summed E-state index contributed by atoms with van der Waals surface area (Å²) in [5, 5.41) is 0. The van der Waals surface area contributed by atoms with Gasteiger partial charge in [0.05, 0.1) is 0 Å². The Kier molecular flexibility index (Phi) is 4.88. The van der Waals surface area contributed by atoms with Crippen LogP contribution in [0.5, 0.6) is 0 Å². The van der Waals surface area contributed by atoms with Gasteiger partial charge in [-0.15, -0.1) is 0 Å². The molecule has 9 heavy (non-hydrogen) atoms. The van der Waals surface area contributed by atoms with E-state index in [9.17, 15) is 0 Å². The van der Waals surface area contributed by atoms with E-state index >= 15 is 0 Å². The third kappa shape index (κ3) is 2.43. The van der Waals surface area contributed by atoms with Crippen LogP contribution in [0.25, 0.3) is 0 Å². The molecule has 0 aliphatic heterocycles. The molecule has 56 valence electrons. The van der Waals surface area contributed by atoms with Crippen molar-refractivity contribution >= 4 is 18.4 Å². The molecule has 0 saturated heterocycles. The van der Waals surface area contributed by atoms with Crippen LogP contribution >= 0.6 is 0 Å². The normalized spacial score (nSPS) is 12.0. The molecule has 0 unspecified atom stereocenters. The van der Waals surface area contributed by atoms with Crippen molar-refractivity contribution in [3.8, 4) is 0 Å². The van der Waals surface area contributed by atoms with E-state index in [4.69, 9.17) is 11.5 Å². The summed E-state index contributed by atoms with van der Waals surface area (Å²) in [4.78, 5) is 0. The number of hydrogen-bond donors (Lipinski definition) is 2. The van der Waals surface area contributed by atoms with Gasteiger partial charge in [-0.05, 0) is 0 Å². The summed E-state index contributed by atoms with van der Waals surface area (Å²) in [6.45, 7) is 4.47. The fraction of sp³-hybridized carbons (Fsp3) is 1.00. The zero-order valence-corrected chi connectivity index (χ0v) is 9.34. The van der Waals surface area contributed by atoms with E-state index < -0.39 is 18.4 Å². The van der Waals surface area contributed by atoms with Crippen LogP contribution in [0.3, 0.4) is 0 Å². The molecule has 0 atom stereocenters. The number of hydrogen-bond acceptors (Lipinski definition) is 2. The van der Waals surface area contributed by atoms with E-state index in [-0.39, 0.29) is 0 Å². The van der Waals surface area contributed by atoms with Crippen LogP contribution < -0.4 is 11.5 Å². The average molecular weight is 237 g/mol. The second-order valence-corrected chi connectivity index (χ2v) is 17.5. The van der Waals surface area contributed by atoms with Gasteiger partial charge in [0.25, 0.3) is 0 Å². The van der Waals surface area contributed by atoms with Crippen LogP contribution in [-0.4, -0.2) is 27.5 Å². The van der Waals surface area contributed by atoms with Gasteiger partial charge >= 0.3 is 61.7 Å². The van der Waals surface area contributed by atoms with Crippen molar-refractivity contribution in [3.05, 3.63) is 0 Å². The van der Waals surface area contributed by atoms with Crippen molar-refractivity contribution in [2.45, 2.75) is 22.7 Å². The third-order valence-corrected chi connectivity index (χ3v) is 15.9. The molecule has 0 aliphatic rings. The molecule has 3 heteroatoms. The SMILES string of the molecule is C[CH2][Sn]([CH2]C)([CH2]N)[CH2]N. The first kappa shape index (κ1) is 9.72. The molecule has 0 aromatic carbocycles. The Morgan fingerprint density at radius 2 is 1.33 bits per heavy atom. The maximum atomic E-state index is 5.65. The molecule has 0 heterocycles. The zero-order chi connectivity index (χ0) is 7.33.